The molecule has 0 unspecified atom stereocenters. The Kier molecular flexibility index (Phi) is 26.2. The van der Waals surface area contributed by atoms with Crippen LogP contribution in [0, 0.1) is 39.4 Å². The van der Waals surface area contributed by atoms with Crippen LogP contribution in [0.15, 0.2) is 144 Å². The Morgan fingerprint density at radius 1 is 0.509 bits per heavy atom. The molecule has 7 aliphatic rings. The SMILES string of the molecule is C1CCOC1.CC(=O)OCc1ccccc1.CC(=O)O[C@@]12CO[C@@H]1C[C@H](O)[C@@]1(C)C(=O)[C@H](O)/C(=C(\C)[C@H](C)O)C(C)(C)[C@](C)(O)[C@@H](OC(=O)c3ccccc3)[C@H]21.CC(=O)O[C@@]12CO[C@@H]1C[C@H](OC(=O)OCc1ccccc1)[C@@]1(C)C(=O)[C@H](C)/C(=C(\C)[C@H](C)O)C(C)(C)[C@](C)(O)[C@@H](OC(=O)c3ccccc3)[C@H]21. The van der Waals surface area contributed by atoms with Gasteiger partial charge >= 0.3 is 36.0 Å². The van der Waals surface area contributed by atoms with E-state index in [9.17, 15) is 64.2 Å². The summed E-state index contributed by atoms with van der Waals surface area (Å²) in [6.45, 7) is 26.4. The van der Waals surface area contributed by atoms with Gasteiger partial charge in [0.15, 0.2) is 17.0 Å². The van der Waals surface area contributed by atoms with Gasteiger partial charge in [-0.25, -0.2) is 14.4 Å². The van der Waals surface area contributed by atoms with Crippen molar-refractivity contribution in [2.45, 2.75) is 227 Å². The van der Waals surface area contributed by atoms with Gasteiger partial charge in [0.05, 0.1) is 65.3 Å². The smallest absolute Gasteiger partial charge is 0.461 e. The molecule has 106 heavy (non-hydrogen) atoms. The largest absolute Gasteiger partial charge is 0.508 e. The number of aliphatic hydroxyl groups is 6. The molecule has 0 aromatic heterocycles. The number of ether oxygens (including phenoxy) is 10. The highest BCUT2D eigenvalue weighted by atomic mass is 16.7. The minimum absolute atomic E-state index is 0.0543. The number of rotatable bonds is 13. The van der Waals surface area contributed by atoms with E-state index in [2.05, 4.69) is 0 Å². The molecule has 4 aromatic carbocycles. The highest BCUT2D eigenvalue weighted by molar-refractivity contribution is 5.95. The topological polar surface area (TPSA) is 350 Å². The van der Waals surface area contributed by atoms with E-state index in [1.165, 1.54) is 73.4 Å². The van der Waals surface area contributed by atoms with Gasteiger partial charge in [-0.3, -0.25) is 24.0 Å². The Morgan fingerprint density at radius 2 is 0.896 bits per heavy atom. The quantitative estimate of drug-likeness (QED) is 0.0412. The van der Waals surface area contributed by atoms with Gasteiger partial charge in [0.2, 0.25) is 0 Å². The zero-order valence-electron chi connectivity index (χ0n) is 63.6. The number of Topliss-reactive ketones (excluding diaryl/α,β-unsaturated/α-hetero) is 2. The molecule has 3 aliphatic heterocycles. The first-order valence-corrected chi connectivity index (χ1v) is 36.1. The predicted octanol–water partition coefficient (Wildman–Crippen LogP) is 9.62. The molecule has 4 saturated carbocycles. The monoisotopic (exact) mass is 1470 g/mol. The van der Waals surface area contributed by atoms with Crippen LogP contribution in [0.25, 0.3) is 0 Å². The molecule has 3 saturated heterocycles. The Labute approximate surface area is 620 Å². The first-order chi connectivity index (χ1) is 49.6. The molecule has 24 heteroatoms. The molecule has 24 nitrogen and oxygen atoms in total. The fraction of sp³-hybridized carbons (Fsp3) is 0.561. The number of esters is 5. The predicted molar refractivity (Wildman–Crippen MR) is 384 cm³/mol. The second-order valence-corrected chi connectivity index (χ2v) is 30.7. The third-order valence-electron chi connectivity index (χ3n) is 23.5. The maximum absolute atomic E-state index is 15.3. The number of aliphatic hydroxyl groups excluding tert-OH is 4. The zero-order valence-corrected chi connectivity index (χ0v) is 63.6. The van der Waals surface area contributed by atoms with E-state index < -0.39 is 158 Å². The van der Waals surface area contributed by atoms with Crippen molar-refractivity contribution in [2.75, 3.05) is 26.4 Å². The summed E-state index contributed by atoms with van der Waals surface area (Å²) in [4.78, 5) is 106. The van der Waals surface area contributed by atoms with Gasteiger partial charge in [-0.05, 0) is 126 Å². The lowest BCUT2D eigenvalue weighted by molar-refractivity contribution is -0.343. The van der Waals surface area contributed by atoms with Crippen LogP contribution < -0.4 is 0 Å². The number of carbonyl (C=O) groups is 8. The average molecular weight is 1480 g/mol. The van der Waals surface area contributed by atoms with Gasteiger partial charge in [0.1, 0.15) is 66.8 Å². The third-order valence-corrected chi connectivity index (χ3v) is 23.5. The fourth-order valence-electron chi connectivity index (χ4n) is 16.8. The van der Waals surface area contributed by atoms with Crippen molar-refractivity contribution >= 4 is 47.6 Å². The molecular weight excluding hydrogens is 1370 g/mol. The van der Waals surface area contributed by atoms with Gasteiger partial charge in [-0.2, -0.15) is 0 Å². The first kappa shape index (κ1) is 83.6. The molecule has 578 valence electrons. The minimum atomic E-state index is -2.04. The van der Waals surface area contributed by atoms with Crippen LogP contribution in [-0.4, -0.2) is 182 Å². The van der Waals surface area contributed by atoms with Gasteiger partial charge in [0, 0.05) is 63.6 Å². The highest BCUT2D eigenvalue weighted by Crippen LogP contribution is 2.65. The zero-order chi connectivity index (χ0) is 78.5. The van der Waals surface area contributed by atoms with E-state index in [1.54, 1.807) is 135 Å². The molecule has 0 amide bonds. The van der Waals surface area contributed by atoms with Crippen LogP contribution in [0.1, 0.15) is 168 Å². The van der Waals surface area contributed by atoms with Crippen LogP contribution in [0.2, 0.25) is 0 Å². The summed E-state index contributed by atoms with van der Waals surface area (Å²) < 4.78 is 57.3. The Hall–Kier alpha value is -8.04. The third kappa shape index (κ3) is 16.2. The molecule has 0 radical (unpaired) electrons. The van der Waals surface area contributed by atoms with Gasteiger partial charge in [-0.1, -0.05) is 132 Å². The van der Waals surface area contributed by atoms with Gasteiger partial charge in [0.25, 0.3) is 0 Å². The molecule has 3 heterocycles. The Balaban J connectivity index is 0.000000224. The van der Waals surface area contributed by atoms with Crippen LogP contribution in [0.4, 0.5) is 4.79 Å². The van der Waals surface area contributed by atoms with E-state index in [1.807, 2.05) is 36.4 Å². The lowest BCUT2D eigenvalue weighted by Gasteiger charge is -2.66. The van der Waals surface area contributed by atoms with Crippen LogP contribution in [-0.2, 0) is 84.6 Å². The minimum Gasteiger partial charge on any atom is -0.461 e. The van der Waals surface area contributed by atoms with Crippen LogP contribution >= 0.6 is 0 Å². The number of ketones is 2. The van der Waals surface area contributed by atoms with Crippen molar-refractivity contribution in [1.29, 1.82) is 0 Å². The Morgan fingerprint density at radius 3 is 1.27 bits per heavy atom. The molecule has 4 aliphatic carbocycles. The average Bonchev–Trinajstić information content (AvgIpc) is 0.719. The highest BCUT2D eigenvalue weighted by Gasteiger charge is 2.79. The van der Waals surface area contributed by atoms with Crippen molar-refractivity contribution in [2.24, 2.45) is 39.4 Å². The first-order valence-electron chi connectivity index (χ1n) is 36.1. The van der Waals surface area contributed by atoms with E-state index in [-0.39, 0.29) is 60.9 Å². The second-order valence-electron chi connectivity index (χ2n) is 30.7. The number of benzene rings is 4. The van der Waals surface area contributed by atoms with E-state index in [0.717, 1.165) is 24.3 Å². The van der Waals surface area contributed by atoms with Gasteiger partial charge in [-0.15, -0.1) is 0 Å². The molecular formula is C82H106O24. The summed E-state index contributed by atoms with van der Waals surface area (Å²) in [7, 11) is 0. The molecule has 18 atom stereocenters. The normalized spacial score (nSPS) is 33.8. The molecule has 0 bridgehead atoms. The molecule has 11 rings (SSSR count). The second kappa shape index (κ2) is 33.2. The molecule has 6 N–H and O–H groups in total. The van der Waals surface area contributed by atoms with Crippen molar-refractivity contribution < 1.29 is 116 Å². The standard InChI is InChI=1S/C39H48O11.C30H40O10.C9H10O2.C4H8O/c1-22(24(3)40)30-23(2)32(42)37(7)28(48-35(44)46-20-26-15-11-9-12-16-26)19-29-39(21-47-29,50-25(4)41)31(37)33(38(8,45)36(30,5)6)49-34(43)27-17-13-10-14-18-27;1-15(16(2)31)21-22(34)24(35)28(6)19(33)13-20-30(14-38-20,40-17(3)32)23(28)25(29(7,37)27(21,4)5)39-26(36)18-11-9-8-10-12-18;1-8(10)11-7-9-5-3-2-4-6-9;1-2-4-5-3-1/h9-18,23-24,28-29,31,33,40,45H,19-21H2,1-8H3;8-12,16,19-20,22-23,25,31,33-34,37H,13-14H2,1-7H3;2-6H,7H2,1H3;1-4H2/b30-22-;21-15-;;/t23-,24+,28+,29-,31+,33+,37-,38-,39+;16-,19-,20+,22+,23-,25-,28+,29+,30-;;/m10../s1. The summed E-state index contributed by atoms with van der Waals surface area (Å²) in [6.07, 6.45) is -10.0. The summed E-state index contributed by atoms with van der Waals surface area (Å²) in [6, 6.07) is 34.9. The number of hydrogen-bond donors (Lipinski definition) is 6. The van der Waals surface area contributed by atoms with Crippen molar-refractivity contribution in [3.8, 4) is 0 Å². The van der Waals surface area contributed by atoms with Crippen molar-refractivity contribution in [3.05, 3.63) is 166 Å². The maximum atomic E-state index is 15.3. The molecule has 0 spiro atoms. The summed E-state index contributed by atoms with van der Waals surface area (Å²) in [5.74, 6) is -7.93. The van der Waals surface area contributed by atoms with Gasteiger partial charge < -0.3 is 78.0 Å². The maximum Gasteiger partial charge on any atom is 0.508 e. The number of fused-ring (bicyclic) bond motifs is 6. The number of carbonyl (C=O) groups excluding carboxylic acids is 8. The number of hydrogen-bond acceptors (Lipinski definition) is 24. The summed E-state index contributed by atoms with van der Waals surface area (Å²) >= 11 is 0. The van der Waals surface area contributed by atoms with Crippen molar-refractivity contribution in [1.82, 2.24) is 0 Å². The lowest BCUT2D eigenvalue weighted by atomic mass is 9.45. The molecule has 7 fully saturated rings. The summed E-state index contributed by atoms with van der Waals surface area (Å²) in [5, 5.41) is 70.0. The van der Waals surface area contributed by atoms with E-state index >= 15 is 4.79 Å². The van der Waals surface area contributed by atoms with E-state index in [4.69, 9.17) is 47.4 Å². The fourth-order valence-corrected chi connectivity index (χ4v) is 16.8. The van der Waals surface area contributed by atoms with Crippen LogP contribution in [0.3, 0.4) is 0 Å². The Bertz CT molecular complexity index is 3850. The van der Waals surface area contributed by atoms with Crippen LogP contribution in [0.5, 0.6) is 0 Å². The van der Waals surface area contributed by atoms with Crippen molar-refractivity contribution in [3.63, 3.8) is 0 Å². The molecule has 4 aromatic rings. The van der Waals surface area contributed by atoms with E-state index in [0.29, 0.717) is 17.8 Å². The lowest BCUT2D eigenvalue weighted by Crippen LogP contribution is -2.81. The summed E-state index contributed by atoms with van der Waals surface area (Å²) in [5.41, 5.74) is -10.2.